The van der Waals surface area contributed by atoms with E-state index < -0.39 is 11.4 Å². The molecule has 0 amide bonds. The summed E-state index contributed by atoms with van der Waals surface area (Å²) in [7, 11) is 1.62. The molecule has 5 nitrogen and oxygen atoms in total. The summed E-state index contributed by atoms with van der Waals surface area (Å²) in [5.41, 5.74) is 1.79. The smallest absolute Gasteiger partial charge is 0.314 e. The summed E-state index contributed by atoms with van der Waals surface area (Å²) >= 11 is 0. The van der Waals surface area contributed by atoms with Crippen molar-refractivity contribution >= 4 is 22.6 Å². The molecule has 0 atom stereocenters. The van der Waals surface area contributed by atoms with Crippen LogP contribution in [0.1, 0.15) is 24.2 Å². The van der Waals surface area contributed by atoms with Crippen LogP contribution in [0.15, 0.2) is 52.9 Å². The molecule has 4 rings (SSSR count). The lowest BCUT2D eigenvalue weighted by atomic mass is 9.96. The lowest BCUT2D eigenvalue weighted by Gasteiger charge is -2.12. The molecule has 3 aromatic rings. The van der Waals surface area contributed by atoms with Crippen LogP contribution in [-0.4, -0.2) is 18.2 Å². The van der Waals surface area contributed by atoms with Gasteiger partial charge in [-0.05, 0) is 42.7 Å². The fourth-order valence-corrected chi connectivity index (χ4v) is 3.20. The van der Waals surface area contributed by atoms with E-state index in [2.05, 4.69) is 5.32 Å². The highest BCUT2D eigenvalue weighted by Gasteiger charge is 2.51. The zero-order valence-electron chi connectivity index (χ0n) is 13.9. The number of carboxylic acid groups (broad SMARTS) is 1. The first kappa shape index (κ1) is 15.6. The second kappa shape index (κ2) is 5.84. The van der Waals surface area contributed by atoms with Crippen LogP contribution in [0.2, 0.25) is 0 Å². The van der Waals surface area contributed by atoms with Gasteiger partial charge in [0.1, 0.15) is 5.76 Å². The predicted octanol–water partition coefficient (Wildman–Crippen LogP) is 4.17. The molecule has 128 valence electrons. The molecule has 1 aliphatic rings. The Hall–Kier alpha value is -2.95. The Morgan fingerprint density at radius 1 is 1.24 bits per heavy atom. The maximum absolute atomic E-state index is 11.5. The van der Waals surface area contributed by atoms with Crippen LogP contribution in [0.3, 0.4) is 0 Å². The van der Waals surface area contributed by atoms with Gasteiger partial charge in [-0.3, -0.25) is 4.79 Å². The Kier molecular flexibility index (Phi) is 3.64. The second-order valence-corrected chi connectivity index (χ2v) is 6.41. The van der Waals surface area contributed by atoms with Gasteiger partial charge >= 0.3 is 5.97 Å². The fraction of sp³-hybridized carbons (Fsp3) is 0.250. The van der Waals surface area contributed by atoms with Gasteiger partial charge in [0, 0.05) is 11.1 Å². The summed E-state index contributed by atoms with van der Waals surface area (Å²) in [5, 5.41) is 13.7. The molecule has 0 radical (unpaired) electrons. The van der Waals surface area contributed by atoms with E-state index in [1.807, 2.05) is 48.5 Å². The standard InChI is InChI=1S/C20H19NO4/c1-24-17-7-2-4-13-10-16(25-18(13)17)12-21-15-6-3-5-14(11-15)20(8-9-20)19(22)23/h2-7,10-11,21H,8-9,12H2,1H3,(H,22,23). The Morgan fingerprint density at radius 2 is 2.04 bits per heavy atom. The molecular formula is C20H19NO4. The highest BCUT2D eigenvalue weighted by Crippen LogP contribution is 2.48. The van der Waals surface area contributed by atoms with Crippen molar-refractivity contribution in [3.05, 3.63) is 59.9 Å². The van der Waals surface area contributed by atoms with Crippen molar-refractivity contribution in [2.24, 2.45) is 0 Å². The molecule has 1 aliphatic carbocycles. The molecule has 0 aliphatic heterocycles. The van der Waals surface area contributed by atoms with Crippen LogP contribution in [0.4, 0.5) is 5.69 Å². The lowest BCUT2D eigenvalue weighted by Crippen LogP contribution is -2.19. The highest BCUT2D eigenvalue weighted by molar-refractivity contribution is 5.85. The maximum Gasteiger partial charge on any atom is 0.314 e. The molecule has 2 N–H and O–H groups in total. The zero-order chi connectivity index (χ0) is 17.4. The van der Waals surface area contributed by atoms with Gasteiger partial charge in [0.05, 0.1) is 19.1 Å². The first-order chi connectivity index (χ1) is 12.1. The molecule has 0 bridgehead atoms. The topological polar surface area (TPSA) is 71.7 Å². The van der Waals surface area contributed by atoms with Crippen LogP contribution >= 0.6 is 0 Å². The van der Waals surface area contributed by atoms with Crippen molar-refractivity contribution < 1.29 is 19.1 Å². The fourth-order valence-electron chi connectivity index (χ4n) is 3.20. The van der Waals surface area contributed by atoms with Crippen LogP contribution in [-0.2, 0) is 16.8 Å². The molecule has 0 saturated heterocycles. The SMILES string of the molecule is COc1cccc2cc(CNc3cccc(C4(C(=O)O)CC4)c3)oc12. The predicted molar refractivity (Wildman–Crippen MR) is 95.1 cm³/mol. The lowest BCUT2D eigenvalue weighted by molar-refractivity contribution is -0.140. The van der Waals surface area contributed by atoms with E-state index in [9.17, 15) is 9.90 Å². The number of hydrogen-bond acceptors (Lipinski definition) is 4. The van der Waals surface area contributed by atoms with E-state index >= 15 is 0 Å². The average Bonchev–Trinajstić information content (AvgIpc) is 3.34. The third kappa shape index (κ3) is 2.71. The van der Waals surface area contributed by atoms with Crippen LogP contribution in [0, 0.1) is 0 Å². The molecule has 5 heteroatoms. The second-order valence-electron chi connectivity index (χ2n) is 6.41. The minimum absolute atomic E-state index is 0.515. The first-order valence-corrected chi connectivity index (χ1v) is 8.26. The van der Waals surface area contributed by atoms with Crippen molar-refractivity contribution in [3.63, 3.8) is 0 Å². The van der Waals surface area contributed by atoms with Gasteiger partial charge in [0.25, 0.3) is 0 Å². The largest absolute Gasteiger partial charge is 0.493 e. The summed E-state index contributed by atoms with van der Waals surface area (Å²) in [6, 6.07) is 15.4. The molecule has 1 saturated carbocycles. The number of hydrogen-bond donors (Lipinski definition) is 2. The number of methoxy groups -OCH3 is 1. The Morgan fingerprint density at radius 3 is 2.76 bits per heavy atom. The number of furan rings is 1. The number of carboxylic acids is 1. The molecule has 1 heterocycles. The van der Waals surface area contributed by atoms with Gasteiger partial charge in [-0.15, -0.1) is 0 Å². The molecule has 1 fully saturated rings. The average molecular weight is 337 g/mol. The van der Waals surface area contributed by atoms with Crippen molar-refractivity contribution in [1.29, 1.82) is 0 Å². The Bertz CT molecular complexity index is 940. The minimum atomic E-state index is -0.742. The summed E-state index contributed by atoms with van der Waals surface area (Å²) < 4.78 is 11.2. The minimum Gasteiger partial charge on any atom is -0.493 e. The van der Waals surface area contributed by atoms with E-state index in [-0.39, 0.29) is 0 Å². The number of aliphatic carboxylic acids is 1. The van der Waals surface area contributed by atoms with Crippen molar-refractivity contribution in [3.8, 4) is 5.75 Å². The van der Waals surface area contributed by atoms with Gasteiger partial charge in [-0.1, -0.05) is 24.3 Å². The van der Waals surface area contributed by atoms with E-state index in [0.29, 0.717) is 25.1 Å². The normalized spacial score (nSPS) is 15.1. The number of anilines is 1. The molecule has 1 aromatic heterocycles. The molecular weight excluding hydrogens is 318 g/mol. The quantitative estimate of drug-likeness (QED) is 0.706. The molecule has 0 spiro atoms. The van der Waals surface area contributed by atoms with Crippen LogP contribution in [0.25, 0.3) is 11.0 Å². The number of para-hydroxylation sites is 1. The van der Waals surface area contributed by atoms with Gasteiger partial charge in [0.2, 0.25) is 0 Å². The number of fused-ring (bicyclic) bond motifs is 1. The Balaban J connectivity index is 1.53. The molecule has 2 aromatic carbocycles. The molecule has 25 heavy (non-hydrogen) atoms. The van der Waals surface area contributed by atoms with Gasteiger partial charge in [0.15, 0.2) is 11.3 Å². The number of rotatable bonds is 6. The van der Waals surface area contributed by atoms with E-state index in [4.69, 9.17) is 9.15 Å². The van der Waals surface area contributed by atoms with Gasteiger partial charge < -0.3 is 19.6 Å². The van der Waals surface area contributed by atoms with Crippen molar-refractivity contribution in [1.82, 2.24) is 0 Å². The Labute approximate surface area is 145 Å². The van der Waals surface area contributed by atoms with E-state index in [1.54, 1.807) is 7.11 Å². The number of benzene rings is 2. The van der Waals surface area contributed by atoms with Crippen LogP contribution in [0.5, 0.6) is 5.75 Å². The van der Waals surface area contributed by atoms with Gasteiger partial charge in [-0.2, -0.15) is 0 Å². The maximum atomic E-state index is 11.5. The van der Waals surface area contributed by atoms with Crippen molar-refractivity contribution in [2.45, 2.75) is 24.8 Å². The third-order valence-electron chi connectivity index (χ3n) is 4.82. The summed E-state index contributed by atoms with van der Waals surface area (Å²) in [6.45, 7) is 0.515. The monoisotopic (exact) mass is 337 g/mol. The summed E-state index contributed by atoms with van der Waals surface area (Å²) in [4.78, 5) is 11.5. The van der Waals surface area contributed by atoms with Gasteiger partial charge in [-0.25, -0.2) is 0 Å². The number of nitrogens with one attached hydrogen (secondary N) is 1. The first-order valence-electron chi connectivity index (χ1n) is 8.26. The zero-order valence-corrected chi connectivity index (χ0v) is 13.9. The van der Waals surface area contributed by atoms with Crippen molar-refractivity contribution in [2.75, 3.05) is 12.4 Å². The van der Waals surface area contributed by atoms with E-state index in [0.717, 1.165) is 28.0 Å². The summed E-state index contributed by atoms with van der Waals surface area (Å²) in [5.74, 6) is 0.765. The van der Waals surface area contributed by atoms with E-state index in [1.165, 1.54) is 0 Å². The van der Waals surface area contributed by atoms with Crippen LogP contribution < -0.4 is 10.1 Å². The number of carbonyl (C=O) groups is 1. The molecule has 0 unspecified atom stereocenters. The highest BCUT2D eigenvalue weighted by atomic mass is 16.5. The summed E-state index contributed by atoms with van der Waals surface area (Å²) in [6.07, 6.45) is 1.41. The third-order valence-corrected chi connectivity index (χ3v) is 4.82. The number of ether oxygens (including phenoxy) is 1.